The molecule has 2 atom stereocenters. The molecule has 0 aliphatic rings. The van der Waals surface area contributed by atoms with E-state index in [1.54, 1.807) is 31.2 Å². The summed E-state index contributed by atoms with van der Waals surface area (Å²) in [6.07, 6.45) is -4.42. The molecule has 0 heterocycles. The number of amides is 1. The summed E-state index contributed by atoms with van der Waals surface area (Å²) in [4.78, 5) is 11.9. The van der Waals surface area contributed by atoms with Gasteiger partial charge in [-0.25, -0.2) is 0 Å². The van der Waals surface area contributed by atoms with Gasteiger partial charge in [-0.05, 0) is 19.4 Å². The fraction of sp³-hybridized carbons (Fsp3) is 0.500. The van der Waals surface area contributed by atoms with Crippen LogP contribution in [0.25, 0.3) is 0 Å². The molecule has 0 fully saturated rings. The minimum Gasteiger partial charge on any atom is -0.496 e. The molecule has 0 saturated carbocycles. The number of benzene rings is 1. The molecule has 1 aromatic carbocycles. The summed E-state index contributed by atoms with van der Waals surface area (Å²) in [6.45, 7) is 2.40. The van der Waals surface area contributed by atoms with Crippen molar-refractivity contribution in [3.63, 3.8) is 0 Å². The Morgan fingerprint density at radius 1 is 1.38 bits per heavy atom. The van der Waals surface area contributed by atoms with Crippen molar-refractivity contribution < 1.29 is 22.7 Å². The Hall–Kier alpha value is -1.76. The fourth-order valence-electron chi connectivity index (χ4n) is 1.79. The van der Waals surface area contributed by atoms with Gasteiger partial charge >= 0.3 is 6.18 Å². The van der Waals surface area contributed by atoms with Crippen molar-refractivity contribution >= 4 is 5.91 Å². The smallest absolute Gasteiger partial charge is 0.415 e. The average Bonchev–Trinajstić information content (AvgIpc) is 2.43. The largest absolute Gasteiger partial charge is 0.496 e. The number of hydrogen-bond acceptors (Lipinski definition) is 3. The highest BCUT2D eigenvalue weighted by molar-refractivity contribution is 5.87. The average molecular weight is 304 g/mol. The van der Waals surface area contributed by atoms with Crippen molar-refractivity contribution in [3.8, 4) is 5.75 Å². The molecule has 118 valence electrons. The normalized spacial score (nSPS) is 16.0. The highest BCUT2D eigenvalue weighted by Gasteiger charge is 2.54. The van der Waals surface area contributed by atoms with Crippen molar-refractivity contribution in [2.45, 2.75) is 38.0 Å². The number of methoxy groups -OCH3 is 1. The van der Waals surface area contributed by atoms with Gasteiger partial charge < -0.3 is 15.8 Å². The van der Waals surface area contributed by atoms with Crippen LogP contribution in [-0.2, 0) is 4.79 Å². The number of carbonyl (C=O) groups excluding carboxylic acids is 1. The van der Waals surface area contributed by atoms with Crippen LogP contribution in [0.2, 0.25) is 0 Å². The Morgan fingerprint density at radius 3 is 2.43 bits per heavy atom. The van der Waals surface area contributed by atoms with E-state index in [4.69, 9.17) is 10.5 Å². The van der Waals surface area contributed by atoms with E-state index in [1.165, 1.54) is 7.11 Å². The standard InChI is InChI=1S/C14H19F3N2O2/c1-4-10(9-7-5-6-8-11(9)21-3)19-12(20)13(2,18)14(15,16)17/h5-8,10H,4,18H2,1-3H3,(H,19,20). The number of nitrogens with one attached hydrogen (secondary N) is 1. The summed E-state index contributed by atoms with van der Waals surface area (Å²) in [7, 11) is 1.45. The second kappa shape index (κ2) is 6.34. The lowest BCUT2D eigenvalue weighted by Crippen LogP contribution is -2.61. The first-order valence-electron chi connectivity index (χ1n) is 6.44. The van der Waals surface area contributed by atoms with E-state index < -0.39 is 23.7 Å². The molecule has 0 aliphatic heterocycles. The molecule has 0 saturated heterocycles. The quantitative estimate of drug-likeness (QED) is 0.878. The van der Waals surface area contributed by atoms with Gasteiger partial charge in [0.2, 0.25) is 5.91 Å². The maximum atomic E-state index is 12.8. The van der Waals surface area contributed by atoms with Crippen molar-refractivity contribution in [3.05, 3.63) is 29.8 Å². The van der Waals surface area contributed by atoms with E-state index in [9.17, 15) is 18.0 Å². The zero-order chi connectivity index (χ0) is 16.3. The van der Waals surface area contributed by atoms with Crippen LogP contribution in [0.3, 0.4) is 0 Å². The summed E-state index contributed by atoms with van der Waals surface area (Å²) >= 11 is 0. The molecule has 3 N–H and O–H groups in total. The zero-order valence-corrected chi connectivity index (χ0v) is 12.1. The van der Waals surface area contributed by atoms with Crippen LogP contribution < -0.4 is 15.8 Å². The van der Waals surface area contributed by atoms with Gasteiger partial charge in [-0.1, -0.05) is 25.1 Å². The number of carbonyl (C=O) groups is 1. The minimum atomic E-state index is -4.82. The van der Waals surface area contributed by atoms with E-state index in [1.807, 2.05) is 0 Å². The van der Waals surface area contributed by atoms with E-state index in [2.05, 4.69) is 5.32 Å². The Morgan fingerprint density at radius 2 is 1.95 bits per heavy atom. The molecule has 1 aromatic rings. The summed E-state index contributed by atoms with van der Waals surface area (Å²) in [5, 5.41) is 2.34. The van der Waals surface area contributed by atoms with Crippen molar-refractivity contribution in [2.75, 3.05) is 7.11 Å². The molecule has 2 unspecified atom stereocenters. The third kappa shape index (κ3) is 3.66. The van der Waals surface area contributed by atoms with Crippen LogP contribution in [0.5, 0.6) is 5.75 Å². The first-order chi connectivity index (χ1) is 9.65. The van der Waals surface area contributed by atoms with Crippen molar-refractivity contribution in [1.82, 2.24) is 5.32 Å². The van der Waals surface area contributed by atoms with Crippen LogP contribution in [-0.4, -0.2) is 24.7 Å². The fourth-order valence-corrected chi connectivity index (χ4v) is 1.79. The van der Waals surface area contributed by atoms with E-state index in [0.29, 0.717) is 24.7 Å². The Bertz CT molecular complexity index is 501. The van der Waals surface area contributed by atoms with Crippen LogP contribution in [0, 0.1) is 0 Å². The highest BCUT2D eigenvalue weighted by atomic mass is 19.4. The lowest BCUT2D eigenvalue weighted by Gasteiger charge is -2.29. The third-order valence-corrected chi connectivity index (χ3v) is 3.29. The number of rotatable bonds is 5. The van der Waals surface area contributed by atoms with Crippen LogP contribution in [0.1, 0.15) is 31.9 Å². The number of nitrogens with two attached hydrogens (primary N) is 1. The molecule has 1 amide bonds. The first kappa shape index (κ1) is 17.3. The number of para-hydroxylation sites is 1. The molecular weight excluding hydrogens is 285 g/mol. The molecule has 4 nitrogen and oxygen atoms in total. The topological polar surface area (TPSA) is 64.4 Å². The Balaban J connectivity index is 3.01. The van der Waals surface area contributed by atoms with E-state index in [0.717, 1.165) is 0 Å². The van der Waals surface area contributed by atoms with Crippen LogP contribution >= 0.6 is 0 Å². The maximum Gasteiger partial charge on any atom is 0.415 e. The molecule has 21 heavy (non-hydrogen) atoms. The van der Waals surface area contributed by atoms with Crippen molar-refractivity contribution in [2.24, 2.45) is 5.73 Å². The number of hydrogen-bond donors (Lipinski definition) is 2. The molecule has 0 radical (unpaired) electrons. The molecule has 1 rings (SSSR count). The Kier molecular flexibility index (Phi) is 5.22. The lowest BCUT2D eigenvalue weighted by molar-refractivity contribution is -0.187. The van der Waals surface area contributed by atoms with E-state index in [-0.39, 0.29) is 0 Å². The molecule has 0 aromatic heterocycles. The lowest BCUT2D eigenvalue weighted by atomic mass is 9.98. The van der Waals surface area contributed by atoms with Gasteiger partial charge in [0, 0.05) is 5.56 Å². The summed E-state index contributed by atoms with van der Waals surface area (Å²) in [5.41, 5.74) is 2.78. The maximum absolute atomic E-state index is 12.8. The predicted octanol–water partition coefficient (Wildman–Crippen LogP) is 2.54. The number of alkyl halides is 3. The van der Waals surface area contributed by atoms with Gasteiger partial charge in [0.1, 0.15) is 5.75 Å². The van der Waals surface area contributed by atoms with Gasteiger partial charge in [-0.15, -0.1) is 0 Å². The van der Waals surface area contributed by atoms with Gasteiger partial charge in [0.05, 0.1) is 13.2 Å². The van der Waals surface area contributed by atoms with Gasteiger partial charge in [-0.3, -0.25) is 4.79 Å². The SMILES string of the molecule is CCC(NC(=O)C(C)(N)C(F)(F)F)c1ccccc1OC. The molecular formula is C14H19F3N2O2. The molecule has 0 bridgehead atoms. The third-order valence-electron chi connectivity index (χ3n) is 3.29. The van der Waals surface area contributed by atoms with Crippen LogP contribution in [0.4, 0.5) is 13.2 Å². The van der Waals surface area contributed by atoms with E-state index >= 15 is 0 Å². The van der Waals surface area contributed by atoms with Crippen LogP contribution in [0.15, 0.2) is 24.3 Å². The Labute approximate surface area is 121 Å². The van der Waals surface area contributed by atoms with Gasteiger partial charge in [0.25, 0.3) is 0 Å². The first-order valence-corrected chi connectivity index (χ1v) is 6.44. The second-order valence-corrected chi connectivity index (χ2v) is 4.88. The molecule has 0 spiro atoms. The van der Waals surface area contributed by atoms with Gasteiger partial charge in [-0.2, -0.15) is 13.2 Å². The zero-order valence-electron chi connectivity index (χ0n) is 12.1. The summed E-state index contributed by atoms with van der Waals surface area (Å²) in [5.74, 6) is -0.775. The second-order valence-electron chi connectivity index (χ2n) is 4.88. The molecule has 7 heteroatoms. The highest BCUT2D eigenvalue weighted by Crippen LogP contribution is 2.31. The van der Waals surface area contributed by atoms with Crippen molar-refractivity contribution in [1.29, 1.82) is 0 Å². The van der Waals surface area contributed by atoms with Gasteiger partial charge in [0.15, 0.2) is 5.54 Å². The molecule has 0 aliphatic carbocycles. The summed E-state index contributed by atoms with van der Waals surface area (Å²) in [6, 6.07) is 6.21. The predicted molar refractivity (Wildman–Crippen MR) is 72.8 cm³/mol. The minimum absolute atomic E-state index is 0.403. The summed E-state index contributed by atoms with van der Waals surface area (Å²) < 4.78 is 43.5. The monoisotopic (exact) mass is 304 g/mol. The number of ether oxygens (including phenoxy) is 1. The number of halogens is 3.